The Balaban J connectivity index is 1.57. The third-order valence-corrected chi connectivity index (χ3v) is 6.75. The molecular weight excluding hydrogens is 369 g/mol. The second-order valence-electron chi connectivity index (χ2n) is 5.87. The summed E-state index contributed by atoms with van der Waals surface area (Å²) in [6.07, 6.45) is 7.16. The highest BCUT2D eigenvalue weighted by atomic mass is 127. The zero-order valence-electron chi connectivity index (χ0n) is 11.2. The number of nitrogens with zero attached hydrogens (tertiary/aromatic N) is 1. The molecule has 0 aromatic carbocycles. The van der Waals surface area contributed by atoms with Gasteiger partial charge in [0.15, 0.2) is 0 Å². The van der Waals surface area contributed by atoms with Crippen LogP contribution in [-0.4, -0.2) is 35.2 Å². The van der Waals surface area contributed by atoms with E-state index in [4.69, 9.17) is 0 Å². The summed E-state index contributed by atoms with van der Waals surface area (Å²) in [4.78, 5) is 4.12. The number of hydrogen-bond donors (Lipinski definition) is 1. The summed E-state index contributed by atoms with van der Waals surface area (Å²) in [5.41, 5.74) is 0. The van der Waals surface area contributed by atoms with E-state index in [-0.39, 0.29) is 6.10 Å². The fraction of sp³-hybridized carbons (Fsp3) is 0.733. The zero-order valence-corrected chi connectivity index (χ0v) is 14.2. The highest BCUT2D eigenvalue weighted by Gasteiger charge is 2.31. The molecular formula is C15H22INOS. The number of thiophene rings is 1. The maximum Gasteiger partial charge on any atom is 0.0695 e. The zero-order chi connectivity index (χ0) is 13.2. The van der Waals surface area contributed by atoms with Crippen molar-refractivity contribution in [1.82, 2.24) is 4.90 Å². The maximum absolute atomic E-state index is 10.2. The molecule has 4 heteroatoms. The average molecular weight is 391 g/mol. The first-order valence-electron chi connectivity index (χ1n) is 7.41. The van der Waals surface area contributed by atoms with E-state index in [2.05, 4.69) is 39.6 Å². The van der Waals surface area contributed by atoms with Gasteiger partial charge in [-0.2, -0.15) is 0 Å². The Hall–Kier alpha value is 0.350. The van der Waals surface area contributed by atoms with Gasteiger partial charge in [-0.25, -0.2) is 0 Å². The highest BCUT2D eigenvalue weighted by Crippen LogP contribution is 2.35. The molecule has 0 unspecified atom stereocenters. The number of rotatable bonds is 2. The monoisotopic (exact) mass is 391 g/mol. The second-order valence-corrected chi connectivity index (χ2v) is 8.88. The van der Waals surface area contributed by atoms with Crippen LogP contribution in [0.25, 0.3) is 0 Å². The first-order valence-corrected chi connectivity index (χ1v) is 9.31. The summed E-state index contributed by atoms with van der Waals surface area (Å²) in [6.45, 7) is 2.34. The van der Waals surface area contributed by atoms with E-state index in [0.29, 0.717) is 6.04 Å². The molecule has 1 aliphatic heterocycles. The van der Waals surface area contributed by atoms with Crippen molar-refractivity contribution in [1.29, 1.82) is 0 Å². The summed E-state index contributed by atoms with van der Waals surface area (Å²) in [7, 11) is 0. The van der Waals surface area contributed by atoms with E-state index in [0.717, 1.165) is 12.3 Å². The summed E-state index contributed by atoms with van der Waals surface area (Å²) in [5, 5.41) is 10.2. The molecule has 0 radical (unpaired) electrons. The van der Waals surface area contributed by atoms with Crippen LogP contribution in [-0.2, 0) is 0 Å². The van der Waals surface area contributed by atoms with Gasteiger partial charge in [0.05, 0.1) is 8.99 Å². The predicted molar refractivity (Wildman–Crippen MR) is 88.8 cm³/mol. The Morgan fingerprint density at radius 3 is 2.47 bits per heavy atom. The molecule has 19 heavy (non-hydrogen) atoms. The van der Waals surface area contributed by atoms with Crippen LogP contribution in [0.4, 0.5) is 0 Å². The molecule has 2 nitrogen and oxygen atoms in total. The van der Waals surface area contributed by atoms with E-state index < -0.39 is 0 Å². The molecule has 106 valence electrons. The van der Waals surface area contributed by atoms with E-state index in [1.54, 1.807) is 4.88 Å². The Labute approximate surface area is 133 Å². The van der Waals surface area contributed by atoms with Crippen LogP contribution in [0, 0.1) is 2.88 Å². The normalized spacial score (nSPS) is 30.6. The number of aliphatic hydroxyl groups is 1. The molecule has 1 saturated heterocycles. The molecule has 0 bridgehead atoms. The third kappa shape index (κ3) is 3.34. The van der Waals surface area contributed by atoms with Gasteiger partial charge >= 0.3 is 0 Å². The Kier molecular flexibility index (Phi) is 4.82. The number of halogens is 1. The van der Waals surface area contributed by atoms with Gasteiger partial charge in [-0.1, -0.05) is 12.8 Å². The predicted octanol–water partition coefficient (Wildman–Crippen LogP) is 3.84. The fourth-order valence-electron chi connectivity index (χ4n) is 3.58. The maximum atomic E-state index is 10.2. The third-order valence-electron chi connectivity index (χ3n) is 4.69. The van der Waals surface area contributed by atoms with Gasteiger partial charge in [0.1, 0.15) is 0 Å². The van der Waals surface area contributed by atoms with E-state index >= 15 is 0 Å². The number of aliphatic hydroxyl groups excluding tert-OH is 1. The lowest BCUT2D eigenvalue weighted by Gasteiger charge is -2.41. The largest absolute Gasteiger partial charge is 0.391 e. The fourth-order valence-corrected chi connectivity index (χ4v) is 5.42. The summed E-state index contributed by atoms with van der Waals surface area (Å²) >= 11 is 4.36. The molecule has 2 atom stereocenters. The van der Waals surface area contributed by atoms with Crippen LogP contribution >= 0.6 is 33.9 Å². The van der Waals surface area contributed by atoms with Gasteiger partial charge in [-0.3, -0.25) is 4.90 Å². The lowest BCUT2D eigenvalue weighted by atomic mass is 9.88. The topological polar surface area (TPSA) is 23.5 Å². The first kappa shape index (κ1) is 14.3. The molecule has 2 fully saturated rings. The van der Waals surface area contributed by atoms with Crippen LogP contribution in [0.1, 0.15) is 49.3 Å². The van der Waals surface area contributed by atoms with Crippen LogP contribution in [0.5, 0.6) is 0 Å². The van der Waals surface area contributed by atoms with Crippen LogP contribution in [0.15, 0.2) is 12.1 Å². The quantitative estimate of drug-likeness (QED) is 0.775. The molecule has 3 rings (SSSR count). The second kappa shape index (κ2) is 6.41. The van der Waals surface area contributed by atoms with E-state index in [9.17, 15) is 5.11 Å². The molecule has 2 heterocycles. The van der Waals surface area contributed by atoms with E-state index in [1.807, 2.05) is 11.3 Å². The van der Waals surface area contributed by atoms with Crippen LogP contribution < -0.4 is 0 Å². The summed E-state index contributed by atoms with van der Waals surface area (Å²) in [6, 6.07) is 4.98. The summed E-state index contributed by atoms with van der Waals surface area (Å²) < 4.78 is 1.40. The van der Waals surface area contributed by atoms with Gasteiger partial charge in [0.2, 0.25) is 0 Å². The molecule has 2 aliphatic rings. The Morgan fingerprint density at radius 2 is 1.84 bits per heavy atom. The molecule has 0 spiro atoms. The molecule has 1 aromatic heterocycles. The van der Waals surface area contributed by atoms with Crippen molar-refractivity contribution < 1.29 is 5.11 Å². The van der Waals surface area contributed by atoms with Crippen molar-refractivity contribution in [2.45, 2.75) is 56.6 Å². The van der Waals surface area contributed by atoms with Crippen molar-refractivity contribution in [2.75, 3.05) is 13.1 Å². The highest BCUT2D eigenvalue weighted by molar-refractivity contribution is 14.1. The van der Waals surface area contributed by atoms with Gasteiger partial charge < -0.3 is 5.11 Å². The van der Waals surface area contributed by atoms with Gasteiger partial charge in [0.25, 0.3) is 0 Å². The number of hydrogen-bond acceptors (Lipinski definition) is 3. The minimum atomic E-state index is -0.0759. The molecule has 0 amide bonds. The average Bonchev–Trinajstić information content (AvgIpc) is 2.86. The lowest BCUT2D eigenvalue weighted by molar-refractivity contribution is 0.00885. The smallest absolute Gasteiger partial charge is 0.0695 e. The van der Waals surface area contributed by atoms with E-state index in [1.165, 1.54) is 48.1 Å². The lowest BCUT2D eigenvalue weighted by Crippen LogP contribution is -2.48. The van der Waals surface area contributed by atoms with Crippen LogP contribution in [0.3, 0.4) is 0 Å². The first-order chi connectivity index (χ1) is 9.24. The van der Waals surface area contributed by atoms with Crippen molar-refractivity contribution in [3.05, 3.63) is 19.9 Å². The Morgan fingerprint density at radius 1 is 1.11 bits per heavy atom. The van der Waals surface area contributed by atoms with Crippen molar-refractivity contribution in [2.24, 2.45) is 0 Å². The minimum absolute atomic E-state index is 0.0759. The molecule has 1 saturated carbocycles. The van der Waals surface area contributed by atoms with Crippen molar-refractivity contribution in [3.63, 3.8) is 0 Å². The van der Waals surface area contributed by atoms with Gasteiger partial charge in [0, 0.05) is 10.9 Å². The molecule has 1 aromatic rings. The minimum Gasteiger partial charge on any atom is -0.391 e. The molecule has 1 N–H and O–H groups in total. The summed E-state index contributed by atoms with van der Waals surface area (Å²) in [5.74, 6) is 0.755. The van der Waals surface area contributed by atoms with Gasteiger partial charge in [-0.05, 0) is 79.4 Å². The number of piperidine rings is 1. The Bertz CT molecular complexity index is 414. The van der Waals surface area contributed by atoms with Gasteiger partial charge in [-0.15, -0.1) is 11.3 Å². The molecule has 1 aliphatic carbocycles. The van der Waals surface area contributed by atoms with Crippen LogP contribution in [0.2, 0.25) is 0 Å². The van der Waals surface area contributed by atoms with Crippen molar-refractivity contribution >= 4 is 33.9 Å². The van der Waals surface area contributed by atoms with Crippen molar-refractivity contribution in [3.8, 4) is 0 Å². The standard InChI is InChI=1S/C15H22INOS/c16-15-6-5-14(19-15)11-7-9-17(10-8-11)12-3-1-2-4-13(12)18/h5-6,11-13,18H,1-4,7-10H2/t12-,13-/m0/s1. The number of likely N-dealkylation sites (tertiary alicyclic amines) is 1. The SMILES string of the molecule is O[C@H]1CCCC[C@@H]1N1CCC(c2ccc(I)s2)CC1.